The molecule has 1 aliphatic rings. The van der Waals surface area contributed by atoms with Gasteiger partial charge in [0, 0.05) is 5.02 Å². The van der Waals surface area contributed by atoms with E-state index in [2.05, 4.69) is 11.1 Å². The number of nitrogens with two attached hydrogens (primary N) is 1. The second-order valence-electron chi connectivity index (χ2n) is 3.73. The maximum Gasteiger partial charge on any atom is 0.282 e. The summed E-state index contributed by atoms with van der Waals surface area (Å²) in [6.45, 7) is 2.60. The lowest BCUT2D eigenvalue weighted by molar-refractivity contribution is 0.312. The van der Waals surface area contributed by atoms with Gasteiger partial charge in [-0.3, -0.25) is 0 Å². The van der Waals surface area contributed by atoms with Crippen LogP contribution in [0.4, 0.5) is 0 Å². The Kier molecular flexibility index (Phi) is 2.82. The molecule has 0 spiro atoms. The van der Waals surface area contributed by atoms with Crippen molar-refractivity contribution in [2.75, 3.05) is 6.61 Å². The van der Waals surface area contributed by atoms with Crippen LogP contribution in [0.2, 0.25) is 5.02 Å². The molecule has 15 heavy (non-hydrogen) atoms. The highest BCUT2D eigenvalue weighted by atomic mass is 35.5. The monoisotopic (exact) mass is 224 g/mol. The molecule has 0 aromatic heterocycles. The Bertz CT molecular complexity index is 404. The molecule has 1 aromatic rings. The third-order valence-electron chi connectivity index (χ3n) is 2.39. The maximum absolute atomic E-state index is 6.09. The Balaban J connectivity index is 2.14. The number of aryl methyl sites for hydroxylation is 1. The zero-order valence-electron chi connectivity index (χ0n) is 8.53. The molecule has 2 N–H and O–H groups in total. The average molecular weight is 225 g/mol. The second-order valence-corrected chi connectivity index (χ2v) is 4.14. The fraction of sp³-hybridized carbons (Fsp3) is 0.364. The molecule has 1 heterocycles. The minimum absolute atomic E-state index is 0.101. The summed E-state index contributed by atoms with van der Waals surface area (Å²) in [6, 6.07) is 6.36. The summed E-state index contributed by atoms with van der Waals surface area (Å²) in [5.74, 6) is 0. The van der Waals surface area contributed by atoms with Gasteiger partial charge in [-0.2, -0.15) is 0 Å². The number of benzene rings is 1. The lowest BCUT2D eigenvalue weighted by Gasteiger charge is -2.08. The summed E-state index contributed by atoms with van der Waals surface area (Å²) < 4.78 is 5.09. The van der Waals surface area contributed by atoms with Crippen LogP contribution in [0.1, 0.15) is 11.1 Å². The van der Waals surface area contributed by atoms with Crippen molar-refractivity contribution in [1.29, 1.82) is 0 Å². The van der Waals surface area contributed by atoms with Gasteiger partial charge in [-0.1, -0.05) is 29.3 Å². The van der Waals surface area contributed by atoms with Crippen molar-refractivity contribution in [2.24, 2.45) is 10.7 Å². The van der Waals surface area contributed by atoms with Crippen molar-refractivity contribution >= 4 is 17.6 Å². The smallest absolute Gasteiger partial charge is 0.282 e. The molecule has 0 amide bonds. The Labute approximate surface area is 93.9 Å². The normalized spacial score (nSPS) is 19.9. The summed E-state index contributed by atoms with van der Waals surface area (Å²) >= 11 is 6.09. The average Bonchev–Trinajstić information content (AvgIpc) is 2.58. The number of rotatable bonds is 2. The van der Waals surface area contributed by atoms with Crippen LogP contribution in [-0.4, -0.2) is 18.7 Å². The van der Waals surface area contributed by atoms with Gasteiger partial charge in [0.2, 0.25) is 0 Å². The first-order chi connectivity index (χ1) is 7.15. The highest BCUT2D eigenvalue weighted by Gasteiger charge is 2.18. The van der Waals surface area contributed by atoms with Crippen LogP contribution in [0.15, 0.2) is 23.2 Å². The Morgan fingerprint density at radius 2 is 2.40 bits per heavy atom. The van der Waals surface area contributed by atoms with Crippen molar-refractivity contribution in [3.8, 4) is 0 Å². The summed E-state index contributed by atoms with van der Waals surface area (Å²) in [5, 5.41) is 0.779. The van der Waals surface area contributed by atoms with Crippen LogP contribution in [0.5, 0.6) is 0 Å². The molecule has 0 bridgehead atoms. The van der Waals surface area contributed by atoms with Crippen molar-refractivity contribution in [1.82, 2.24) is 0 Å². The van der Waals surface area contributed by atoms with Gasteiger partial charge in [-0.15, -0.1) is 0 Å². The van der Waals surface area contributed by atoms with E-state index in [-0.39, 0.29) is 12.1 Å². The molecule has 0 radical (unpaired) electrons. The number of hydrogen-bond donors (Lipinski definition) is 1. The van der Waals surface area contributed by atoms with Crippen molar-refractivity contribution in [3.05, 3.63) is 34.3 Å². The summed E-state index contributed by atoms with van der Waals surface area (Å²) in [7, 11) is 0. The number of hydrogen-bond acceptors (Lipinski definition) is 3. The molecule has 1 unspecified atom stereocenters. The van der Waals surface area contributed by atoms with E-state index in [9.17, 15) is 0 Å². The molecule has 4 heteroatoms. The first-order valence-electron chi connectivity index (χ1n) is 4.86. The molecule has 0 saturated carbocycles. The van der Waals surface area contributed by atoms with Gasteiger partial charge in [0.15, 0.2) is 0 Å². The topological polar surface area (TPSA) is 47.6 Å². The largest absolute Gasteiger partial charge is 0.463 e. The minimum atomic E-state index is 0.101. The van der Waals surface area contributed by atoms with E-state index in [0.717, 1.165) is 17.0 Å². The second kappa shape index (κ2) is 4.11. The lowest BCUT2D eigenvalue weighted by atomic mass is 10.0. The van der Waals surface area contributed by atoms with Gasteiger partial charge in [0.1, 0.15) is 6.61 Å². The number of nitrogens with zero attached hydrogens (tertiary/aromatic N) is 1. The van der Waals surface area contributed by atoms with E-state index in [0.29, 0.717) is 6.61 Å². The number of amidine groups is 1. The third kappa shape index (κ3) is 2.42. The molecule has 2 rings (SSSR count). The lowest BCUT2D eigenvalue weighted by Crippen LogP contribution is -2.11. The predicted molar refractivity (Wildman–Crippen MR) is 61.3 cm³/mol. The molecular formula is C11H13ClN2O. The molecule has 1 aliphatic heterocycles. The summed E-state index contributed by atoms with van der Waals surface area (Å²) in [6.07, 6.45) is 0.779. The molecule has 0 saturated heterocycles. The minimum Gasteiger partial charge on any atom is -0.463 e. The van der Waals surface area contributed by atoms with E-state index in [1.165, 1.54) is 5.56 Å². The van der Waals surface area contributed by atoms with E-state index in [4.69, 9.17) is 22.1 Å². The van der Waals surface area contributed by atoms with E-state index in [1.54, 1.807) is 0 Å². The summed E-state index contributed by atoms with van der Waals surface area (Å²) in [5.41, 5.74) is 7.74. The number of halogens is 1. The van der Waals surface area contributed by atoms with Crippen LogP contribution in [-0.2, 0) is 11.2 Å². The fourth-order valence-electron chi connectivity index (χ4n) is 1.65. The van der Waals surface area contributed by atoms with Gasteiger partial charge < -0.3 is 10.5 Å². The number of ether oxygens (including phenoxy) is 1. The highest BCUT2D eigenvalue weighted by molar-refractivity contribution is 6.31. The van der Waals surface area contributed by atoms with E-state index >= 15 is 0 Å². The predicted octanol–water partition coefficient (Wildman–Crippen LogP) is 1.90. The van der Waals surface area contributed by atoms with Crippen LogP contribution in [0.3, 0.4) is 0 Å². The number of aliphatic imine (C=N–C) groups is 1. The molecule has 0 aliphatic carbocycles. The molecule has 80 valence electrons. The Morgan fingerprint density at radius 3 is 3.07 bits per heavy atom. The summed E-state index contributed by atoms with van der Waals surface area (Å²) in [4.78, 5) is 4.17. The van der Waals surface area contributed by atoms with Crippen molar-refractivity contribution in [3.63, 3.8) is 0 Å². The third-order valence-corrected chi connectivity index (χ3v) is 2.76. The van der Waals surface area contributed by atoms with Gasteiger partial charge in [0.25, 0.3) is 6.02 Å². The standard InChI is InChI=1S/C11H13ClN2O/c1-7-2-3-10(12)8(4-7)5-9-6-15-11(13)14-9/h2-4,9H,5-6H2,1H3,(H2,13,14). The molecule has 1 aromatic carbocycles. The van der Waals surface area contributed by atoms with Gasteiger partial charge in [-0.05, 0) is 25.0 Å². The van der Waals surface area contributed by atoms with Gasteiger partial charge >= 0.3 is 0 Å². The first-order valence-corrected chi connectivity index (χ1v) is 5.24. The van der Waals surface area contributed by atoms with Crippen LogP contribution < -0.4 is 5.73 Å². The van der Waals surface area contributed by atoms with E-state index < -0.39 is 0 Å². The van der Waals surface area contributed by atoms with Crippen molar-refractivity contribution in [2.45, 2.75) is 19.4 Å². The molecule has 1 atom stereocenters. The van der Waals surface area contributed by atoms with Gasteiger partial charge in [-0.25, -0.2) is 4.99 Å². The zero-order chi connectivity index (χ0) is 10.8. The quantitative estimate of drug-likeness (QED) is 0.834. The van der Waals surface area contributed by atoms with Crippen molar-refractivity contribution < 1.29 is 4.74 Å². The maximum atomic E-state index is 6.09. The SMILES string of the molecule is Cc1ccc(Cl)c(CC2COC(N)=N2)c1. The van der Waals surface area contributed by atoms with E-state index in [1.807, 2.05) is 19.1 Å². The molecule has 3 nitrogen and oxygen atoms in total. The zero-order valence-corrected chi connectivity index (χ0v) is 9.29. The molecular weight excluding hydrogens is 212 g/mol. The van der Waals surface area contributed by atoms with Crippen LogP contribution in [0.25, 0.3) is 0 Å². The van der Waals surface area contributed by atoms with Crippen LogP contribution >= 0.6 is 11.6 Å². The first kappa shape index (κ1) is 10.3. The molecule has 0 fully saturated rings. The van der Waals surface area contributed by atoms with Crippen LogP contribution in [0, 0.1) is 6.92 Å². The Morgan fingerprint density at radius 1 is 1.60 bits per heavy atom. The highest BCUT2D eigenvalue weighted by Crippen LogP contribution is 2.20. The Hall–Kier alpha value is -1.22. The fourth-order valence-corrected chi connectivity index (χ4v) is 1.85. The van der Waals surface area contributed by atoms with Gasteiger partial charge in [0.05, 0.1) is 6.04 Å².